The van der Waals surface area contributed by atoms with Crippen LogP contribution in [0.1, 0.15) is 32.6 Å². The molecule has 1 saturated carbocycles. The van der Waals surface area contributed by atoms with Gasteiger partial charge in [0.25, 0.3) is 0 Å². The predicted molar refractivity (Wildman–Crippen MR) is 106 cm³/mol. The van der Waals surface area contributed by atoms with Gasteiger partial charge in [-0.15, -0.1) is 0 Å². The molecule has 1 saturated heterocycles. The van der Waals surface area contributed by atoms with Crippen LogP contribution in [0.3, 0.4) is 0 Å². The summed E-state index contributed by atoms with van der Waals surface area (Å²) in [5, 5.41) is 2.05. The topological polar surface area (TPSA) is 40.6 Å². The number of nitrogens with zero attached hydrogens (tertiary/aromatic N) is 2. The smallest absolute Gasteiger partial charge is 0.243 e. The van der Waals surface area contributed by atoms with Crippen LogP contribution < -0.4 is 0 Å². The third kappa shape index (κ3) is 3.53. The van der Waals surface area contributed by atoms with Crippen LogP contribution in [0.4, 0.5) is 0 Å². The largest absolute Gasteiger partial charge is 0.298 e. The van der Waals surface area contributed by atoms with Crippen molar-refractivity contribution in [1.82, 2.24) is 9.21 Å². The lowest BCUT2D eigenvalue weighted by atomic mass is 9.86. The van der Waals surface area contributed by atoms with E-state index in [0.717, 1.165) is 29.8 Å². The molecule has 26 heavy (non-hydrogen) atoms. The molecular formula is C21H28N2O2S. The van der Waals surface area contributed by atoms with Gasteiger partial charge in [0.05, 0.1) is 4.90 Å². The van der Waals surface area contributed by atoms with Gasteiger partial charge in [0.1, 0.15) is 0 Å². The quantitative estimate of drug-likeness (QED) is 0.824. The van der Waals surface area contributed by atoms with Crippen LogP contribution in [0.15, 0.2) is 47.4 Å². The van der Waals surface area contributed by atoms with Gasteiger partial charge in [0.2, 0.25) is 10.0 Å². The lowest BCUT2D eigenvalue weighted by molar-refractivity contribution is 0.101. The molecule has 0 radical (unpaired) electrons. The fourth-order valence-electron chi connectivity index (χ4n) is 4.39. The van der Waals surface area contributed by atoms with E-state index in [9.17, 15) is 8.42 Å². The molecule has 2 fully saturated rings. The summed E-state index contributed by atoms with van der Waals surface area (Å²) in [7, 11) is -3.41. The molecule has 0 unspecified atom stereocenters. The zero-order valence-corrected chi connectivity index (χ0v) is 16.3. The maximum absolute atomic E-state index is 13.1. The highest BCUT2D eigenvalue weighted by Crippen LogP contribution is 2.29. The summed E-state index contributed by atoms with van der Waals surface area (Å²) in [6.07, 6.45) is 5.14. The van der Waals surface area contributed by atoms with Crippen molar-refractivity contribution < 1.29 is 8.42 Å². The van der Waals surface area contributed by atoms with Gasteiger partial charge in [-0.05, 0) is 54.5 Å². The Bertz CT molecular complexity index is 864. The first-order valence-corrected chi connectivity index (χ1v) is 11.2. The number of fused-ring (bicyclic) bond motifs is 1. The van der Waals surface area contributed by atoms with Gasteiger partial charge in [0, 0.05) is 32.2 Å². The van der Waals surface area contributed by atoms with Crippen LogP contribution in [-0.2, 0) is 10.0 Å². The highest BCUT2D eigenvalue weighted by Gasteiger charge is 2.32. The van der Waals surface area contributed by atoms with E-state index in [-0.39, 0.29) is 0 Å². The summed E-state index contributed by atoms with van der Waals surface area (Å²) >= 11 is 0. The van der Waals surface area contributed by atoms with Crippen molar-refractivity contribution in [3.05, 3.63) is 42.5 Å². The van der Waals surface area contributed by atoms with Crippen molar-refractivity contribution in [2.75, 3.05) is 26.2 Å². The zero-order chi connectivity index (χ0) is 18.1. The first-order chi connectivity index (χ1) is 12.5. The van der Waals surface area contributed by atoms with Crippen LogP contribution in [0, 0.1) is 5.92 Å². The molecule has 1 heterocycles. The van der Waals surface area contributed by atoms with E-state index < -0.39 is 10.0 Å². The van der Waals surface area contributed by atoms with Crippen molar-refractivity contribution in [3.63, 3.8) is 0 Å². The summed E-state index contributed by atoms with van der Waals surface area (Å²) in [6, 6.07) is 14.0. The molecule has 0 N–H and O–H groups in total. The van der Waals surface area contributed by atoms with Crippen molar-refractivity contribution in [3.8, 4) is 0 Å². The van der Waals surface area contributed by atoms with Gasteiger partial charge in [-0.25, -0.2) is 8.42 Å². The Labute approximate surface area is 156 Å². The van der Waals surface area contributed by atoms with Gasteiger partial charge in [-0.1, -0.05) is 37.3 Å². The fourth-order valence-corrected chi connectivity index (χ4v) is 5.85. The van der Waals surface area contributed by atoms with Crippen LogP contribution in [0.25, 0.3) is 10.8 Å². The summed E-state index contributed by atoms with van der Waals surface area (Å²) < 4.78 is 27.8. The molecule has 0 aromatic heterocycles. The van der Waals surface area contributed by atoms with Crippen LogP contribution in [0.2, 0.25) is 0 Å². The first kappa shape index (κ1) is 18.0. The van der Waals surface area contributed by atoms with Gasteiger partial charge >= 0.3 is 0 Å². The molecule has 2 aromatic carbocycles. The van der Waals surface area contributed by atoms with Crippen LogP contribution in [-0.4, -0.2) is 49.8 Å². The van der Waals surface area contributed by atoms with E-state index in [1.807, 2.05) is 30.3 Å². The molecule has 0 bridgehead atoms. The standard InChI is InChI=1S/C21H28N2O2S/c1-17-6-9-20(10-7-17)22-12-14-23(15-13-22)26(24,25)21-11-8-18-4-2-3-5-19(18)16-21/h2-5,8,11,16-17,20H,6-7,9-10,12-15H2,1H3. The van der Waals surface area contributed by atoms with Crippen molar-refractivity contribution in [1.29, 1.82) is 0 Å². The number of sulfonamides is 1. The molecule has 140 valence electrons. The molecule has 1 aliphatic carbocycles. The Morgan fingerprint density at radius 1 is 0.846 bits per heavy atom. The minimum absolute atomic E-state index is 0.413. The minimum Gasteiger partial charge on any atom is -0.298 e. The monoisotopic (exact) mass is 372 g/mol. The van der Waals surface area contributed by atoms with Crippen LogP contribution >= 0.6 is 0 Å². The third-order valence-corrected chi connectivity index (χ3v) is 8.03. The molecule has 1 aliphatic heterocycles. The van der Waals surface area contributed by atoms with Gasteiger partial charge < -0.3 is 0 Å². The summed E-state index contributed by atoms with van der Waals surface area (Å²) in [4.78, 5) is 2.93. The molecule has 0 spiro atoms. The molecule has 0 atom stereocenters. The Morgan fingerprint density at radius 3 is 2.19 bits per heavy atom. The van der Waals surface area contributed by atoms with E-state index >= 15 is 0 Å². The Balaban J connectivity index is 1.45. The molecule has 2 aliphatic rings. The number of benzene rings is 2. The number of piperazine rings is 1. The lowest BCUT2D eigenvalue weighted by Gasteiger charge is -2.41. The van der Waals surface area contributed by atoms with E-state index in [1.54, 1.807) is 16.4 Å². The summed E-state index contributed by atoms with van der Waals surface area (Å²) in [5.41, 5.74) is 0. The number of hydrogen-bond donors (Lipinski definition) is 0. The highest BCUT2D eigenvalue weighted by atomic mass is 32.2. The summed E-state index contributed by atoms with van der Waals surface area (Å²) in [6.45, 7) is 5.24. The van der Waals surface area contributed by atoms with E-state index in [1.165, 1.54) is 25.7 Å². The minimum atomic E-state index is -3.41. The first-order valence-electron chi connectivity index (χ1n) is 9.77. The SMILES string of the molecule is CC1CCC(N2CCN(S(=O)(=O)c3ccc4ccccc4c3)CC2)CC1. The highest BCUT2D eigenvalue weighted by molar-refractivity contribution is 7.89. The van der Waals surface area contributed by atoms with Crippen molar-refractivity contribution in [2.45, 2.75) is 43.5 Å². The Hall–Kier alpha value is -1.43. The number of hydrogen-bond acceptors (Lipinski definition) is 3. The molecular weight excluding hydrogens is 344 g/mol. The van der Waals surface area contributed by atoms with E-state index in [0.29, 0.717) is 24.0 Å². The van der Waals surface area contributed by atoms with Gasteiger partial charge in [-0.3, -0.25) is 4.90 Å². The fraction of sp³-hybridized carbons (Fsp3) is 0.524. The molecule has 4 rings (SSSR count). The lowest BCUT2D eigenvalue weighted by Crippen LogP contribution is -2.52. The average Bonchev–Trinajstić information content (AvgIpc) is 2.68. The maximum Gasteiger partial charge on any atom is 0.243 e. The predicted octanol–water partition coefficient (Wildman–Crippen LogP) is 3.72. The number of rotatable bonds is 3. The molecule has 2 aromatic rings. The van der Waals surface area contributed by atoms with Gasteiger partial charge in [0.15, 0.2) is 0 Å². The van der Waals surface area contributed by atoms with E-state index in [2.05, 4.69) is 11.8 Å². The second kappa shape index (κ2) is 7.29. The van der Waals surface area contributed by atoms with Crippen molar-refractivity contribution in [2.24, 2.45) is 5.92 Å². The normalized spacial score (nSPS) is 26.2. The summed E-state index contributed by atoms with van der Waals surface area (Å²) in [5.74, 6) is 0.848. The van der Waals surface area contributed by atoms with Crippen LogP contribution in [0.5, 0.6) is 0 Å². The Kier molecular flexibility index (Phi) is 5.04. The molecule has 5 heteroatoms. The zero-order valence-electron chi connectivity index (χ0n) is 15.5. The molecule has 0 amide bonds. The van der Waals surface area contributed by atoms with E-state index in [4.69, 9.17) is 0 Å². The second-order valence-corrected chi connectivity index (χ2v) is 9.80. The third-order valence-electron chi connectivity index (χ3n) is 6.13. The van der Waals surface area contributed by atoms with Crippen molar-refractivity contribution >= 4 is 20.8 Å². The average molecular weight is 373 g/mol. The van der Waals surface area contributed by atoms with Gasteiger partial charge in [-0.2, -0.15) is 4.31 Å². The maximum atomic E-state index is 13.1. The molecule has 4 nitrogen and oxygen atoms in total. The second-order valence-electron chi connectivity index (χ2n) is 7.86. The Morgan fingerprint density at radius 2 is 1.50 bits per heavy atom.